The number of ether oxygens (including phenoxy) is 1. The maximum atomic E-state index is 12.4. The molecule has 0 aromatic heterocycles. The Kier molecular flexibility index (Phi) is 8.27. The van der Waals surface area contributed by atoms with Crippen LogP contribution < -0.4 is 0 Å². The summed E-state index contributed by atoms with van der Waals surface area (Å²) in [5, 5.41) is 0. The zero-order chi connectivity index (χ0) is 19.8. The molecule has 0 saturated carbocycles. The van der Waals surface area contributed by atoms with Crippen molar-refractivity contribution in [1.82, 2.24) is 19.6 Å². The molecule has 2 fully saturated rings. The van der Waals surface area contributed by atoms with E-state index in [2.05, 4.69) is 53.1 Å². The van der Waals surface area contributed by atoms with Gasteiger partial charge in [-0.2, -0.15) is 0 Å². The fourth-order valence-electron chi connectivity index (χ4n) is 4.14. The lowest BCUT2D eigenvalue weighted by Gasteiger charge is -2.42. The Bertz CT molecular complexity index is 581. The van der Waals surface area contributed by atoms with Gasteiger partial charge in [-0.1, -0.05) is 30.3 Å². The topological polar surface area (TPSA) is 39.3 Å². The third-order valence-corrected chi connectivity index (χ3v) is 6.01. The molecular formula is C22H36N4O2. The number of nitrogens with zero attached hydrogens (tertiary/aromatic N) is 4. The van der Waals surface area contributed by atoms with Gasteiger partial charge in [0, 0.05) is 45.3 Å². The Morgan fingerprint density at radius 2 is 1.75 bits per heavy atom. The van der Waals surface area contributed by atoms with Crippen molar-refractivity contribution in [3.05, 3.63) is 35.9 Å². The van der Waals surface area contributed by atoms with Gasteiger partial charge in [-0.05, 0) is 45.6 Å². The highest BCUT2D eigenvalue weighted by molar-refractivity contribution is 5.77. The molecule has 1 amide bonds. The molecule has 0 spiro atoms. The average Bonchev–Trinajstić information content (AvgIpc) is 2.72. The van der Waals surface area contributed by atoms with Crippen molar-refractivity contribution in [3.8, 4) is 0 Å². The van der Waals surface area contributed by atoms with Gasteiger partial charge in [-0.25, -0.2) is 0 Å². The molecule has 0 aliphatic carbocycles. The Balaban J connectivity index is 1.27. The highest BCUT2D eigenvalue weighted by Gasteiger charge is 2.27. The van der Waals surface area contributed by atoms with Crippen molar-refractivity contribution in [2.24, 2.45) is 0 Å². The second-order valence-electron chi connectivity index (χ2n) is 8.23. The predicted octanol–water partition coefficient (Wildman–Crippen LogP) is 1.37. The summed E-state index contributed by atoms with van der Waals surface area (Å²) in [5.41, 5.74) is 1.29. The van der Waals surface area contributed by atoms with Gasteiger partial charge in [-0.3, -0.25) is 14.6 Å². The van der Waals surface area contributed by atoms with Crippen LogP contribution in [0.15, 0.2) is 30.3 Å². The van der Waals surface area contributed by atoms with Gasteiger partial charge >= 0.3 is 0 Å². The molecule has 1 aromatic rings. The third-order valence-electron chi connectivity index (χ3n) is 6.01. The maximum Gasteiger partial charge on any atom is 0.248 e. The van der Waals surface area contributed by atoms with Gasteiger partial charge in [0.05, 0.1) is 6.61 Å². The van der Waals surface area contributed by atoms with Crippen LogP contribution in [0.25, 0.3) is 0 Å². The number of hydrogen-bond donors (Lipinski definition) is 0. The number of rotatable bonds is 8. The number of likely N-dealkylation sites (tertiary alicyclic amines) is 1. The number of amides is 1. The van der Waals surface area contributed by atoms with Crippen LogP contribution in [0.5, 0.6) is 0 Å². The molecule has 0 bridgehead atoms. The largest absolute Gasteiger partial charge is 0.370 e. The smallest absolute Gasteiger partial charge is 0.248 e. The van der Waals surface area contributed by atoms with Crippen LogP contribution in [0.3, 0.4) is 0 Å². The SMILES string of the molecule is CN1CCC(N2CCN(C(=O)COCCN(C)Cc3ccccc3)CC2)CC1. The molecule has 0 atom stereocenters. The summed E-state index contributed by atoms with van der Waals surface area (Å²) in [6.07, 6.45) is 2.51. The summed E-state index contributed by atoms with van der Waals surface area (Å²) >= 11 is 0. The molecule has 0 radical (unpaired) electrons. The number of carbonyl (C=O) groups excluding carboxylic acids is 1. The molecule has 2 aliphatic rings. The summed E-state index contributed by atoms with van der Waals surface area (Å²) in [5.74, 6) is 0.133. The molecule has 6 heteroatoms. The molecule has 28 heavy (non-hydrogen) atoms. The second-order valence-corrected chi connectivity index (χ2v) is 8.23. The molecule has 2 aliphatic heterocycles. The number of piperazine rings is 1. The zero-order valence-corrected chi connectivity index (χ0v) is 17.6. The van der Waals surface area contributed by atoms with E-state index in [4.69, 9.17) is 4.74 Å². The van der Waals surface area contributed by atoms with E-state index >= 15 is 0 Å². The van der Waals surface area contributed by atoms with E-state index in [1.807, 2.05) is 11.0 Å². The van der Waals surface area contributed by atoms with Crippen molar-refractivity contribution < 1.29 is 9.53 Å². The van der Waals surface area contributed by atoms with Crippen molar-refractivity contribution in [2.75, 3.05) is 73.1 Å². The van der Waals surface area contributed by atoms with Crippen molar-refractivity contribution in [2.45, 2.75) is 25.4 Å². The average molecular weight is 389 g/mol. The minimum absolute atomic E-state index is 0.133. The molecule has 6 nitrogen and oxygen atoms in total. The van der Waals surface area contributed by atoms with Gasteiger partial charge in [0.1, 0.15) is 6.61 Å². The van der Waals surface area contributed by atoms with Gasteiger partial charge in [-0.15, -0.1) is 0 Å². The van der Waals surface area contributed by atoms with Gasteiger partial charge in [0.2, 0.25) is 5.91 Å². The quantitative estimate of drug-likeness (QED) is 0.629. The van der Waals surface area contributed by atoms with Crippen LogP contribution in [0.2, 0.25) is 0 Å². The standard InChI is InChI=1S/C22H36N4O2/c1-23-10-8-21(9-11-23)25-12-14-26(15-13-25)22(27)19-28-17-16-24(2)18-20-6-4-3-5-7-20/h3-7,21H,8-19H2,1-2H3. The van der Waals surface area contributed by atoms with Crippen molar-refractivity contribution >= 4 is 5.91 Å². The van der Waals surface area contributed by atoms with E-state index in [-0.39, 0.29) is 12.5 Å². The van der Waals surface area contributed by atoms with Crippen LogP contribution in [-0.4, -0.2) is 105 Å². The molecular weight excluding hydrogens is 352 g/mol. The summed E-state index contributed by atoms with van der Waals surface area (Å²) in [6.45, 7) is 8.57. The summed E-state index contributed by atoms with van der Waals surface area (Å²) < 4.78 is 5.66. The molecule has 0 N–H and O–H groups in total. The fourth-order valence-corrected chi connectivity index (χ4v) is 4.14. The van der Waals surface area contributed by atoms with E-state index in [9.17, 15) is 4.79 Å². The highest BCUT2D eigenvalue weighted by Crippen LogP contribution is 2.17. The van der Waals surface area contributed by atoms with Crippen LogP contribution >= 0.6 is 0 Å². The normalized spacial score (nSPS) is 20.0. The van der Waals surface area contributed by atoms with Gasteiger partial charge in [0.15, 0.2) is 0 Å². The first-order valence-electron chi connectivity index (χ1n) is 10.6. The summed E-state index contributed by atoms with van der Waals surface area (Å²) in [4.78, 5) is 21.6. The summed E-state index contributed by atoms with van der Waals surface area (Å²) in [6, 6.07) is 11.1. The fraction of sp³-hybridized carbons (Fsp3) is 0.682. The molecule has 1 aromatic carbocycles. The van der Waals surface area contributed by atoms with Crippen LogP contribution in [0.4, 0.5) is 0 Å². The number of hydrogen-bond acceptors (Lipinski definition) is 5. The molecule has 3 rings (SSSR count). The van der Waals surface area contributed by atoms with Gasteiger partial charge in [0.25, 0.3) is 0 Å². The molecule has 2 heterocycles. The van der Waals surface area contributed by atoms with E-state index in [0.29, 0.717) is 12.6 Å². The van der Waals surface area contributed by atoms with Crippen molar-refractivity contribution in [1.29, 1.82) is 0 Å². The minimum Gasteiger partial charge on any atom is -0.370 e. The Hall–Kier alpha value is -1.47. The second kappa shape index (κ2) is 10.9. The first kappa shape index (κ1) is 21.2. The van der Waals surface area contributed by atoms with E-state index in [1.54, 1.807) is 0 Å². The van der Waals surface area contributed by atoms with Crippen molar-refractivity contribution in [3.63, 3.8) is 0 Å². The van der Waals surface area contributed by atoms with E-state index in [0.717, 1.165) is 39.3 Å². The molecule has 2 saturated heterocycles. The van der Waals surface area contributed by atoms with E-state index < -0.39 is 0 Å². The number of likely N-dealkylation sites (N-methyl/N-ethyl adjacent to an activating group) is 1. The lowest BCUT2D eigenvalue weighted by molar-refractivity contribution is -0.138. The first-order valence-corrected chi connectivity index (χ1v) is 10.6. The minimum atomic E-state index is 0.133. The van der Waals surface area contributed by atoms with Crippen LogP contribution in [0, 0.1) is 0 Å². The Labute approximate surface area is 170 Å². The Morgan fingerprint density at radius 1 is 1.07 bits per heavy atom. The maximum absolute atomic E-state index is 12.4. The predicted molar refractivity (Wildman–Crippen MR) is 112 cm³/mol. The third kappa shape index (κ3) is 6.55. The lowest BCUT2D eigenvalue weighted by Crippen LogP contribution is -2.54. The van der Waals surface area contributed by atoms with Crippen LogP contribution in [0.1, 0.15) is 18.4 Å². The zero-order valence-electron chi connectivity index (χ0n) is 17.6. The lowest BCUT2D eigenvalue weighted by atomic mass is 10.0. The van der Waals surface area contributed by atoms with Gasteiger partial charge < -0.3 is 14.5 Å². The highest BCUT2D eigenvalue weighted by atomic mass is 16.5. The van der Waals surface area contributed by atoms with E-state index in [1.165, 1.54) is 31.5 Å². The monoisotopic (exact) mass is 388 g/mol. The Morgan fingerprint density at radius 3 is 2.43 bits per heavy atom. The summed E-state index contributed by atoms with van der Waals surface area (Å²) in [7, 11) is 4.28. The number of piperidine rings is 1. The first-order chi connectivity index (χ1) is 13.6. The van der Waals surface area contributed by atoms with Crippen LogP contribution in [-0.2, 0) is 16.1 Å². The molecule has 156 valence electrons. The molecule has 0 unspecified atom stereocenters. The number of benzene rings is 1. The number of carbonyl (C=O) groups is 1.